The second-order valence-corrected chi connectivity index (χ2v) is 39.6. The van der Waals surface area contributed by atoms with Crippen molar-refractivity contribution in [2.24, 2.45) is 0 Å². The molecule has 0 bridgehead atoms. The summed E-state index contributed by atoms with van der Waals surface area (Å²) in [6, 6.07) is 185. The molecule has 0 unspecified atom stereocenters. The molecule has 0 aliphatic heterocycles. The van der Waals surface area contributed by atoms with Gasteiger partial charge in [0, 0.05) is 113 Å². The van der Waals surface area contributed by atoms with Gasteiger partial charge >= 0.3 is 0 Å². The van der Waals surface area contributed by atoms with Gasteiger partial charge in [-0.3, -0.25) is 0 Å². The van der Waals surface area contributed by atoms with Crippen LogP contribution in [0.2, 0.25) is 0 Å². The SMILES string of the molecule is c1ccc(-n2c3ccccc3c3c(-c4ccccc4-c4ccc5sc6c7ccccc7n(-c7ccccc7)c6c5c4)cccc32)cc1.c1ccc(-n2c3ccccc3c3cc(-c4ccccc4-c4ccc5sc6c7ccccc7n(-c7ccccc7)c6c5c4)ccc32)cc1.c1ccc(-n2c3ccccc3c3ccc(-c4ccccc4-c4ccc5sc6c7ccccc7n(-c7ccccc7)c6c5c4)cc32)cc1. The molecule has 21 aromatic carbocycles. The Morgan fingerprint density at radius 2 is 0.362 bits per heavy atom. The standard InChI is InChI=1S/3C44H28N2S/c1-3-14-30(15-4-1)45-38-23-11-9-20-35(38)42-34(22-13-25-40(42)45)33-19-8-7-18-32(33)29-26-27-41-37(28-29)43-44(47-41)36-21-10-12-24-39(36)46(43)31-16-5-2-6-17-31;1-3-13-31(14-4-1)45-39-21-11-9-19-35(39)36-25-23-30(28-41(36)45)34-18-8-7-17-33(34)29-24-26-42-38(27-29)43-44(47-42)37-20-10-12-22-40(37)46(43)32-15-5-2-6-16-32;1-3-13-31(14-4-1)45-39-21-11-9-19-35(39)37-27-29(23-25-41(37)45)33-17-7-8-18-34(33)30-24-26-42-38(28-30)43-44(47-42)36-20-10-12-22-40(36)46(43)32-15-5-2-6-16-32/h3*1-28H. The quantitative estimate of drug-likeness (QED) is 0.117. The number of fused-ring (bicyclic) bond motifs is 24. The summed E-state index contributed by atoms with van der Waals surface area (Å²) >= 11 is 5.67. The zero-order chi connectivity index (χ0) is 92.7. The van der Waals surface area contributed by atoms with Crippen molar-refractivity contribution in [3.8, 4) is 101 Å². The second-order valence-electron chi connectivity index (χ2n) is 36.4. The van der Waals surface area contributed by atoms with E-state index in [2.05, 4.69) is 537 Å². The lowest BCUT2D eigenvalue weighted by atomic mass is 9.91. The summed E-state index contributed by atoms with van der Waals surface area (Å²) in [6.07, 6.45) is 0. The maximum atomic E-state index is 2.44. The van der Waals surface area contributed by atoms with Crippen molar-refractivity contribution < 1.29 is 0 Å². The molecule has 0 fully saturated rings. The molecule has 0 amide bonds. The third kappa shape index (κ3) is 13.3. The highest BCUT2D eigenvalue weighted by molar-refractivity contribution is 7.27. The highest BCUT2D eigenvalue weighted by Crippen LogP contribution is 2.52. The van der Waals surface area contributed by atoms with Crippen molar-refractivity contribution in [2.45, 2.75) is 0 Å². The first-order chi connectivity index (χ1) is 70.0. The molecule has 0 aliphatic carbocycles. The van der Waals surface area contributed by atoms with Gasteiger partial charge in [0.05, 0.1) is 80.3 Å². The summed E-state index contributed by atoms with van der Waals surface area (Å²) in [4.78, 5) is 0. The molecule has 9 aromatic heterocycles. The molecule has 0 N–H and O–H groups in total. The normalized spacial score (nSPS) is 11.8. The first-order valence-electron chi connectivity index (χ1n) is 48.1. The van der Waals surface area contributed by atoms with Crippen LogP contribution in [0.4, 0.5) is 0 Å². The molecule has 660 valence electrons. The van der Waals surface area contributed by atoms with Gasteiger partial charge in [0.2, 0.25) is 0 Å². The number of thiophene rings is 3. The predicted molar refractivity (Wildman–Crippen MR) is 604 cm³/mol. The maximum absolute atomic E-state index is 2.44. The minimum Gasteiger partial charge on any atom is -0.309 e. The summed E-state index contributed by atoms with van der Waals surface area (Å²) in [5.74, 6) is 0. The van der Waals surface area contributed by atoms with E-state index in [1.807, 2.05) is 34.0 Å². The lowest BCUT2D eigenvalue weighted by Gasteiger charge is -2.13. The van der Waals surface area contributed by atoms with Gasteiger partial charge in [-0.1, -0.05) is 340 Å². The number of benzene rings is 21. The van der Waals surface area contributed by atoms with Gasteiger partial charge < -0.3 is 27.4 Å². The molecule has 0 saturated carbocycles. The molecular formula is C132H84N6S3. The smallest absolute Gasteiger partial charge is 0.0727 e. The Kier molecular flexibility index (Phi) is 19.5. The van der Waals surface area contributed by atoms with Crippen molar-refractivity contribution >= 4 is 193 Å². The molecule has 6 nitrogen and oxygen atoms in total. The number of nitrogens with zero attached hydrogens (tertiary/aromatic N) is 6. The summed E-state index contributed by atoms with van der Waals surface area (Å²) in [5.41, 5.74) is 36.7. The largest absolute Gasteiger partial charge is 0.309 e. The van der Waals surface area contributed by atoms with Crippen LogP contribution in [-0.4, -0.2) is 27.4 Å². The van der Waals surface area contributed by atoms with Crippen LogP contribution in [0, 0.1) is 0 Å². The number of aromatic nitrogens is 6. The van der Waals surface area contributed by atoms with Crippen LogP contribution in [0.25, 0.3) is 260 Å². The van der Waals surface area contributed by atoms with Crippen molar-refractivity contribution in [1.29, 1.82) is 0 Å². The monoisotopic (exact) mass is 1850 g/mol. The van der Waals surface area contributed by atoms with E-state index >= 15 is 0 Å². The number of hydrogen-bond donors (Lipinski definition) is 0. The van der Waals surface area contributed by atoms with E-state index in [4.69, 9.17) is 0 Å². The maximum Gasteiger partial charge on any atom is 0.0727 e. The molecule has 30 aromatic rings. The zero-order valence-electron chi connectivity index (χ0n) is 76.4. The van der Waals surface area contributed by atoms with E-state index in [-0.39, 0.29) is 0 Å². The van der Waals surface area contributed by atoms with E-state index in [1.165, 1.54) is 260 Å². The summed E-state index contributed by atoms with van der Waals surface area (Å²) in [7, 11) is 0. The number of hydrogen-bond acceptors (Lipinski definition) is 3. The number of rotatable bonds is 12. The summed E-state index contributed by atoms with van der Waals surface area (Å²) in [5, 5.41) is 15.4. The molecule has 9 heteroatoms. The molecule has 0 radical (unpaired) electrons. The Hall–Kier alpha value is -17.7. The van der Waals surface area contributed by atoms with E-state index in [0.717, 1.165) is 0 Å². The molecule has 0 atom stereocenters. The van der Waals surface area contributed by atoms with Gasteiger partial charge in [-0.25, -0.2) is 0 Å². The van der Waals surface area contributed by atoms with Gasteiger partial charge in [-0.05, 0) is 237 Å². The van der Waals surface area contributed by atoms with Gasteiger partial charge in [0.15, 0.2) is 0 Å². The first kappa shape index (κ1) is 81.6. The molecular weight excluding hydrogens is 1770 g/mol. The molecule has 0 spiro atoms. The van der Waals surface area contributed by atoms with Crippen LogP contribution in [0.3, 0.4) is 0 Å². The minimum atomic E-state index is 1.17. The fourth-order valence-corrected chi connectivity index (χ4v) is 26.1. The Morgan fingerprint density at radius 3 is 0.745 bits per heavy atom. The van der Waals surface area contributed by atoms with Gasteiger partial charge in [-0.15, -0.1) is 34.0 Å². The third-order valence-corrected chi connectivity index (χ3v) is 32.2. The van der Waals surface area contributed by atoms with Crippen molar-refractivity contribution in [3.05, 3.63) is 510 Å². The predicted octanol–water partition coefficient (Wildman–Crippen LogP) is 37.3. The van der Waals surface area contributed by atoms with Crippen LogP contribution in [0.5, 0.6) is 0 Å². The molecule has 0 aliphatic rings. The summed E-state index contributed by atoms with van der Waals surface area (Å²) in [6.45, 7) is 0. The van der Waals surface area contributed by atoms with Gasteiger partial charge in [0.1, 0.15) is 0 Å². The van der Waals surface area contributed by atoms with E-state index < -0.39 is 0 Å². The van der Waals surface area contributed by atoms with Crippen LogP contribution >= 0.6 is 34.0 Å². The van der Waals surface area contributed by atoms with Crippen LogP contribution < -0.4 is 0 Å². The minimum absolute atomic E-state index is 1.17. The Balaban J connectivity index is 0.000000104. The Labute approximate surface area is 824 Å². The third-order valence-electron chi connectivity index (χ3n) is 28.6. The first-order valence-corrected chi connectivity index (χ1v) is 50.5. The van der Waals surface area contributed by atoms with Crippen LogP contribution in [0.15, 0.2) is 510 Å². The fourth-order valence-electron chi connectivity index (χ4n) is 22.5. The second kappa shape index (κ2) is 33.6. The Morgan fingerprint density at radius 1 is 0.128 bits per heavy atom. The molecule has 141 heavy (non-hydrogen) atoms. The summed E-state index contributed by atoms with van der Waals surface area (Å²) < 4.78 is 22.4. The number of para-hydroxylation sites is 12. The fraction of sp³-hybridized carbons (Fsp3) is 0. The molecule has 0 saturated heterocycles. The van der Waals surface area contributed by atoms with Crippen molar-refractivity contribution in [2.75, 3.05) is 0 Å². The highest BCUT2D eigenvalue weighted by atomic mass is 32.1. The lowest BCUT2D eigenvalue weighted by molar-refractivity contribution is 1.18. The average molecular weight is 1850 g/mol. The average Bonchev–Trinajstić information content (AvgIpc) is 1.54. The van der Waals surface area contributed by atoms with E-state index in [1.54, 1.807) is 0 Å². The van der Waals surface area contributed by atoms with E-state index in [9.17, 15) is 0 Å². The van der Waals surface area contributed by atoms with Crippen LogP contribution in [0.1, 0.15) is 0 Å². The van der Waals surface area contributed by atoms with Crippen molar-refractivity contribution in [3.63, 3.8) is 0 Å². The zero-order valence-corrected chi connectivity index (χ0v) is 78.9. The highest BCUT2D eigenvalue weighted by Gasteiger charge is 2.27. The van der Waals surface area contributed by atoms with E-state index in [0.29, 0.717) is 0 Å². The van der Waals surface area contributed by atoms with Gasteiger partial charge in [-0.2, -0.15) is 0 Å². The molecule has 9 heterocycles. The van der Waals surface area contributed by atoms with Crippen molar-refractivity contribution in [1.82, 2.24) is 27.4 Å². The topological polar surface area (TPSA) is 29.6 Å². The Bertz CT molecular complexity index is 10100. The molecule has 30 rings (SSSR count). The van der Waals surface area contributed by atoms with Crippen LogP contribution in [-0.2, 0) is 0 Å². The van der Waals surface area contributed by atoms with Gasteiger partial charge in [0.25, 0.3) is 0 Å². The lowest BCUT2D eigenvalue weighted by Crippen LogP contribution is -1.93.